The lowest BCUT2D eigenvalue weighted by Gasteiger charge is -2.15. The molecule has 5 heteroatoms. The van der Waals surface area contributed by atoms with Crippen LogP contribution in [-0.2, 0) is 7.05 Å². The van der Waals surface area contributed by atoms with Crippen molar-refractivity contribution in [3.8, 4) is 0 Å². The molecule has 2 aromatic rings. The van der Waals surface area contributed by atoms with E-state index in [0.717, 1.165) is 18.2 Å². The van der Waals surface area contributed by atoms with Crippen molar-refractivity contribution in [3.63, 3.8) is 0 Å². The highest BCUT2D eigenvalue weighted by atomic mass is 16.2. The van der Waals surface area contributed by atoms with Crippen LogP contribution in [0.2, 0.25) is 0 Å². The molecule has 0 unspecified atom stereocenters. The highest BCUT2D eigenvalue weighted by Gasteiger charge is 2.17. The van der Waals surface area contributed by atoms with Crippen LogP contribution in [-0.4, -0.2) is 16.6 Å². The Morgan fingerprint density at radius 3 is 2.57 bits per heavy atom. The minimum atomic E-state index is -0.203. The number of urea groups is 1. The van der Waals surface area contributed by atoms with Crippen molar-refractivity contribution in [2.24, 2.45) is 7.05 Å². The van der Waals surface area contributed by atoms with E-state index in [1.165, 1.54) is 17.4 Å². The third kappa shape index (κ3) is 2.77. The van der Waals surface area contributed by atoms with Gasteiger partial charge in [0, 0.05) is 30.1 Å². The highest BCUT2D eigenvalue weighted by Crippen LogP contribution is 2.21. The summed E-state index contributed by atoms with van der Waals surface area (Å²) in [5, 5.41) is 7.23. The van der Waals surface area contributed by atoms with Crippen molar-refractivity contribution < 1.29 is 4.79 Å². The van der Waals surface area contributed by atoms with Gasteiger partial charge in [-0.3, -0.25) is 4.79 Å². The Morgan fingerprint density at radius 1 is 1.19 bits per heavy atom. The SMILES string of the molecule is Cn1cc(NC(=O)NC2CCCC2)c2ccccc2c1=O. The summed E-state index contributed by atoms with van der Waals surface area (Å²) < 4.78 is 1.49. The van der Waals surface area contributed by atoms with Gasteiger partial charge in [-0.15, -0.1) is 0 Å². The molecule has 1 fully saturated rings. The number of carbonyl (C=O) groups excluding carboxylic acids is 1. The number of fused-ring (bicyclic) bond motifs is 1. The van der Waals surface area contributed by atoms with Crippen molar-refractivity contribution in [3.05, 3.63) is 40.8 Å². The number of carbonyl (C=O) groups is 1. The van der Waals surface area contributed by atoms with Gasteiger partial charge in [0.25, 0.3) is 5.56 Å². The Balaban J connectivity index is 1.88. The number of pyridine rings is 1. The minimum Gasteiger partial charge on any atom is -0.335 e. The van der Waals surface area contributed by atoms with Gasteiger partial charge in [0.2, 0.25) is 0 Å². The molecule has 1 aliphatic carbocycles. The summed E-state index contributed by atoms with van der Waals surface area (Å²) in [4.78, 5) is 24.2. The molecular weight excluding hydrogens is 266 g/mol. The predicted octanol–water partition coefficient (Wildman–Crippen LogP) is 2.60. The van der Waals surface area contributed by atoms with Crippen LogP contribution in [0.4, 0.5) is 10.5 Å². The van der Waals surface area contributed by atoms with Gasteiger partial charge in [-0.25, -0.2) is 4.79 Å². The highest BCUT2D eigenvalue weighted by molar-refractivity contribution is 6.00. The lowest BCUT2D eigenvalue weighted by atomic mass is 10.1. The number of hydrogen-bond donors (Lipinski definition) is 2. The van der Waals surface area contributed by atoms with Gasteiger partial charge in [-0.2, -0.15) is 0 Å². The Labute approximate surface area is 123 Å². The average Bonchev–Trinajstić information content (AvgIpc) is 2.97. The van der Waals surface area contributed by atoms with Gasteiger partial charge >= 0.3 is 6.03 Å². The largest absolute Gasteiger partial charge is 0.335 e. The predicted molar refractivity (Wildman–Crippen MR) is 83.6 cm³/mol. The van der Waals surface area contributed by atoms with E-state index in [1.807, 2.05) is 18.2 Å². The van der Waals surface area contributed by atoms with Crippen LogP contribution < -0.4 is 16.2 Å². The fraction of sp³-hybridized carbons (Fsp3) is 0.375. The van der Waals surface area contributed by atoms with E-state index >= 15 is 0 Å². The van der Waals surface area contributed by atoms with E-state index in [-0.39, 0.29) is 17.6 Å². The van der Waals surface area contributed by atoms with E-state index in [1.54, 1.807) is 19.3 Å². The maximum absolute atomic E-state index is 12.1. The number of nitrogens with one attached hydrogen (secondary N) is 2. The van der Waals surface area contributed by atoms with Crippen LogP contribution in [0.25, 0.3) is 10.8 Å². The molecule has 3 rings (SSSR count). The number of rotatable bonds is 2. The van der Waals surface area contributed by atoms with Crippen molar-refractivity contribution in [1.29, 1.82) is 0 Å². The topological polar surface area (TPSA) is 63.1 Å². The minimum absolute atomic E-state index is 0.0626. The fourth-order valence-corrected chi connectivity index (χ4v) is 2.93. The Hall–Kier alpha value is -2.30. The number of amides is 2. The maximum atomic E-state index is 12.1. The van der Waals surface area contributed by atoms with Crippen LogP contribution in [0, 0.1) is 0 Å². The van der Waals surface area contributed by atoms with Crippen LogP contribution in [0.3, 0.4) is 0 Å². The number of anilines is 1. The summed E-state index contributed by atoms with van der Waals surface area (Å²) in [5.74, 6) is 0. The quantitative estimate of drug-likeness (QED) is 0.891. The number of nitrogens with zero attached hydrogens (tertiary/aromatic N) is 1. The molecule has 2 amide bonds. The molecule has 1 aromatic heterocycles. The molecule has 0 saturated heterocycles. The van der Waals surface area contributed by atoms with Crippen molar-refractivity contribution in [1.82, 2.24) is 9.88 Å². The van der Waals surface area contributed by atoms with Gasteiger partial charge in [0.1, 0.15) is 0 Å². The second-order valence-electron chi connectivity index (χ2n) is 5.58. The van der Waals surface area contributed by atoms with E-state index in [4.69, 9.17) is 0 Å². The summed E-state index contributed by atoms with van der Waals surface area (Å²) >= 11 is 0. The zero-order valence-corrected chi connectivity index (χ0v) is 12.1. The molecule has 1 aromatic carbocycles. The van der Waals surface area contributed by atoms with E-state index in [0.29, 0.717) is 11.1 Å². The number of benzene rings is 1. The molecule has 2 N–H and O–H groups in total. The van der Waals surface area contributed by atoms with Gasteiger partial charge < -0.3 is 15.2 Å². The van der Waals surface area contributed by atoms with Crippen molar-refractivity contribution >= 4 is 22.5 Å². The molecule has 0 bridgehead atoms. The smallest absolute Gasteiger partial charge is 0.319 e. The monoisotopic (exact) mass is 285 g/mol. The molecular formula is C16H19N3O2. The fourth-order valence-electron chi connectivity index (χ4n) is 2.93. The Morgan fingerprint density at radius 2 is 1.86 bits per heavy atom. The first-order valence-electron chi connectivity index (χ1n) is 7.31. The molecule has 0 atom stereocenters. The zero-order valence-electron chi connectivity index (χ0n) is 12.1. The zero-order chi connectivity index (χ0) is 14.8. The first-order chi connectivity index (χ1) is 10.1. The molecule has 110 valence electrons. The molecule has 0 radical (unpaired) electrons. The van der Waals surface area contributed by atoms with Gasteiger partial charge in [-0.05, 0) is 18.9 Å². The molecule has 0 spiro atoms. The molecule has 1 saturated carbocycles. The van der Waals surface area contributed by atoms with E-state index in [9.17, 15) is 9.59 Å². The summed E-state index contributed by atoms with van der Waals surface area (Å²) in [6.45, 7) is 0. The lowest BCUT2D eigenvalue weighted by molar-refractivity contribution is 0.248. The molecule has 1 aliphatic rings. The van der Waals surface area contributed by atoms with Gasteiger partial charge in [-0.1, -0.05) is 31.0 Å². The van der Waals surface area contributed by atoms with Crippen molar-refractivity contribution in [2.75, 3.05) is 5.32 Å². The van der Waals surface area contributed by atoms with Crippen LogP contribution in [0.15, 0.2) is 35.3 Å². The third-order valence-electron chi connectivity index (χ3n) is 4.03. The van der Waals surface area contributed by atoms with Gasteiger partial charge in [0.05, 0.1) is 5.69 Å². The summed E-state index contributed by atoms with van der Waals surface area (Å²) in [6.07, 6.45) is 6.10. The second-order valence-corrected chi connectivity index (χ2v) is 5.58. The first-order valence-corrected chi connectivity index (χ1v) is 7.31. The van der Waals surface area contributed by atoms with Crippen molar-refractivity contribution in [2.45, 2.75) is 31.7 Å². The second kappa shape index (κ2) is 5.60. The molecule has 21 heavy (non-hydrogen) atoms. The number of hydrogen-bond acceptors (Lipinski definition) is 2. The van der Waals surface area contributed by atoms with Crippen LogP contribution >= 0.6 is 0 Å². The maximum Gasteiger partial charge on any atom is 0.319 e. The summed E-state index contributed by atoms with van der Waals surface area (Å²) in [5.41, 5.74) is 0.593. The summed E-state index contributed by atoms with van der Waals surface area (Å²) in [6, 6.07) is 7.38. The lowest BCUT2D eigenvalue weighted by Crippen LogP contribution is -2.36. The molecule has 0 aliphatic heterocycles. The van der Waals surface area contributed by atoms with E-state index in [2.05, 4.69) is 10.6 Å². The van der Waals surface area contributed by atoms with Gasteiger partial charge in [0.15, 0.2) is 0 Å². The third-order valence-corrected chi connectivity index (χ3v) is 4.03. The standard InChI is InChI=1S/C16H19N3O2/c1-19-10-14(12-8-4-5-9-13(12)15(19)20)18-16(21)17-11-6-2-3-7-11/h4-5,8-11H,2-3,6-7H2,1H3,(H2,17,18,21). The normalized spacial score (nSPS) is 15.3. The molecule has 5 nitrogen and oxygen atoms in total. The van der Waals surface area contributed by atoms with Crippen LogP contribution in [0.5, 0.6) is 0 Å². The Kier molecular flexibility index (Phi) is 3.64. The number of aromatic nitrogens is 1. The average molecular weight is 285 g/mol. The Bertz CT molecular complexity index is 730. The van der Waals surface area contributed by atoms with Crippen LogP contribution in [0.1, 0.15) is 25.7 Å². The summed E-state index contributed by atoms with van der Waals surface area (Å²) in [7, 11) is 1.69. The first kappa shape index (κ1) is 13.7. The van der Waals surface area contributed by atoms with E-state index < -0.39 is 0 Å². The number of aryl methyl sites for hydroxylation is 1. The molecule has 1 heterocycles.